The fourth-order valence-corrected chi connectivity index (χ4v) is 2.25. The molecule has 0 aliphatic rings. The molecular formula is C14H9F2N3OS. The zero-order valence-corrected chi connectivity index (χ0v) is 11.5. The fourth-order valence-electron chi connectivity index (χ4n) is 1.50. The van der Waals surface area contributed by atoms with E-state index in [1.807, 2.05) is 6.07 Å². The lowest BCUT2D eigenvalue weighted by atomic mass is 10.3. The quantitative estimate of drug-likeness (QED) is 0.882. The lowest BCUT2D eigenvalue weighted by molar-refractivity contribution is -0.113. The maximum atomic E-state index is 13.4. The van der Waals surface area contributed by atoms with E-state index in [1.54, 1.807) is 12.1 Å². The molecule has 1 amide bonds. The van der Waals surface area contributed by atoms with E-state index >= 15 is 0 Å². The first-order valence-electron chi connectivity index (χ1n) is 5.83. The van der Waals surface area contributed by atoms with Crippen LogP contribution in [0, 0.1) is 23.0 Å². The van der Waals surface area contributed by atoms with Crippen molar-refractivity contribution in [3.8, 4) is 6.07 Å². The maximum Gasteiger partial charge on any atom is 0.234 e. The van der Waals surface area contributed by atoms with Crippen molar-refractivity contribution in [1.29, 1.82) is 5.26 Å². The highest BCUT2D eigenvalue weighted by Crippen LogP contribution is 2.20. The highest BCUT2D eigenvalue weighted by atomic mass is 32.2. The summed E-state index contributed by atoms with van der Waals surface area (Å²) in [5, 5.41) is 11.6. The Bertz CT molecular complexity index is 716. The van der Waals surface area contributed by atoms with Gasteiger partial charge in [-0.25, -0.2) is 13.8 Å². The standard InChI is InChI=1S/C14H9F2N3OS/c15-10-3-4-11(16)12(6-10)19-13(20)8-21-14-9(7-17)2-1-5-18-14/h1-6H,8H2,(H,19,20). The zero-order chi connectivity index (χ0) is 15.2. The third-order valence-electron chi connectivity index (χ3n) is 2.43. The molecule has 0 aliphatic heterocycles. The van der Waals surface area contributed by atoms with Crippen LogP contribution in [0.25, 0.3) is 0 Å². The molecule has 0 spiro atoms. The molecule has 1 N–H and O–H groups in total. The maximum absolute atomic E-state index is 13.4. The Kier molecular flexibility index (Phi) is 4.85. The van der Waals surface area contributed by atoms with Crippen LogP contribution in [0.15, 0.2) is 41.6 Å². The van der Waals surface area contributed by atoms with Crippen molar-refractivity contribution in [2.45, 2.75) is 5.03 Å². The van der Waals surface area contributed by atoms with Crippen molar-refractivity contribution >= 4 is 23.4 Å². The van der Waals surface area contributed by atoms with Gasteiger partial charge in [-0.2, -0.15) is 5.26 Å². The molecule has 106 valence electrons. The molecule has 2 aromatic rings. The monoisotopic (exact) mass is 305 g/mol. The van der Waals surface area contributed by atoms with Gasteiger partial charge in [0.2, 0.25) is 5.91 Å². The molecular weight excluding hydrogens is 296 g/mol. The topological polar surface area (TPSA) is 65.8 Å². The minimum Gasteiger partial charge on any atom is -0.323 e. The van der Waals surface area contributed by atoms with E-state index in [1.165, 1.54) is 6.20 Å². The molecule has 4 nitrogen and oxygen atoms in total. The number of hydrogen-bond donors (Lipinski definition) is 1. The van der Waals surface area contributed by atoms with Crippen molar-refractivity contribution in [2.75, 3.05) is 11.1 Å². The summed E-state index contributed by atoms with van der Waals surface area (Å²) in [4.78, 5) is 15.7. The Labute approximate surface area is 123 Å². The van der Waals surface area contributed by atoms with Gasteiger partial charge in [0.05, 0.1) is 17.0 Å². The van der Waals surface area contributed by atoms with Crippen molar-refractivity contribution in [2.24, 2.45) is 0 Å². The number of nitrogens with one attached hydrogen (secondary N) is 1. The van der Waals surface area contributed by atoms with Crippen LogP contribution in [0.2, 0.25) is 0 Å². The van der Waals surface area contributed by atoms with Gasteiger partial charge >= 0.3 is 0 Å². The van der Waals surface area contributed by atoms with Gasteiger partial charge < -0.3 is 5.32 Å². The second kappa shape index (κ2) is 6.81. The molecule has 21 heavy (non-hydrogen) atoms. The van der Waals surface area contributed by atoms with Crippen molar-refractivity contribution in [1.82, 2.24) is 4.98 Å². The number of halogens is 2. The number of hydrogen-bond acceptors (Lipinski definition) is 4. The zero-order valence-electron chi connectivity index (χ0n) is 10.6. The summed E-state index contributed by atoms with van der Waals surface area (Å²) in [6, 6.07) is 7.96. The molecule has 0 saturated heterocycles. The summed E-state index contributed by atoms with van der Waals surface area (Å²) < 4.78 is 26.3. The van der Waals surface area contributed by atoms with Gasteiger partial charge in [0.1, 0.15) is 22.7 Å². The van der Waals surface area contributed by atoms with Crippen molar-refractivity contribution in [3.63, 3.8) is 0 Å². The largest absolute Gasteiger partial charge is 0.323 e. The smallest absolute Gasteiger partial charge is 0.234 e. The van der Waals surface area contributed by atoms with E-state index in [-0.39, 0.29) is 11.4 Å². The molecule has 0 unspecified atom stereocenters. The van der Waals surface area contributed by atoms with E-state index in [0.717, 1.165) is 30.0 Å². The summed E-state index contributed by atoms with van der Waals surface area (Å²) in [5.41, 5.74) is 0.134. The predicted molar refractivity (Wildman–Crippen MR) is 74.7 cm³/mol. The molecule has 1 aromatic carbocycles. The molecule has 2 rings (SSSR count). The number of amides is 1. The minimum absolute atomic E-state index is 0.0678. The SMILES string of the molecule is N#Cc1cccnc1SCC(=O)Nc1cc(F)ccc1F. The first kappa shape index (κ1) is 14.9. The molecule has 7 heteroatoms. The number of pyridine rings is 1. The second-order valence-electron chi connectivity index (χ2n) is 3.93. The Morgan fingerprint density at radius 1 is 1.38 bits per heavy atom. The van der Waals surface area contributed by atoms with Gasteiger partial charge in [-0.15, -0.1) is 0 Å². The highest BCUT2D eigenvalue weighted by molar-refractivity contribution is 8.00. The average Bonchev–Trinajstić information content (AvgIpc) is 2.49. The number of benzene rings is 1. The predicted octanol–water partition coefficient (Wildman–Crippen LogP) is 2.96. The average molecular weight is 305 g/mol. The number of rotatable bonds is 4. The first-order chi connectivity index (χ1) is 10.1. The van der Waals surface area contributed by atoms with Gasteiger partial charge in [0, 0.05) is 12.3 Å². The Morgan fingerprint density at radius 3 is 2.95 bits per heavy atom. The van der Waals surface area contributed by atoms with Crippen LogP contribution in [0.1, 0.15) is 5.56 Å². The van der Waals surface area contributed by atoms with E-state index in [4.69, 9.17) is 5.26 Å². The second-order valence-corrected chi connectivity index (χ2v) is 4.89. The number of nitrogens with zero attached hydrogens (tertiary/aromatic N) is 2. The summed E-state index contributed by atoms with van der Waals surface area (Å²) in [7, 11) is 0. The number of aromatic nitrogens is 1. The van der Waals surface area contributed by atoms with E-state index in [0.29, 0.717) is 10.6 Å². The van der Waals surface area contributed by atoms with E-state index < -0.39 is 17.5 Å². The van der Waals surface area contributed by atoms with Crippen LogP contribution in [0.5, 0.6) is 0 Å². The van der Waals surface area contributed by atoms with Crippen LogP contribution in [0.3, 0.4) is 0 Å². The number of nitriles is 1. The summed E-state index contributed by atoms with van der Waals surface area (Å²) in [5.74, 6) is -1.94. The molecule has 0 radical (unpaired) electrons. The van der Waals surface area contributed by atoms with Crippen molar-refractivity contribution < 1.29 is 13.6 Å². The summed E-state index contributed by atoms with van der Waals surface area (Å²) in [6.07, 6.45) is 1.51. The van der Waals surface area contributed by atoms with Crippen LogP contribution in [-0.4, -0.2) is 16.6 Å². The molecule has 0 atom stereocenters. The van der Waals surface area contributed by atoms with Crippen LogP contribution in [0.4, 0.5) is 14.5 Å². The number of thioether (sulfide) groups is 1. The Morgan fingerprint density at radius 2 is 2.19 bits per heavy atom. The van der Waals surface area contributed by atoms with Gasteiger partial charge in [0.15, 0.2) is 0 Å². The molecule has 0 bridgehead atoms. The summed E-state index contributed by atoms with van der Waals surface area (Å²) in [6.45, 7) is 0. The minimum atomic E-state index is -0.717. The number of carbonyl (C=O) groups excluding carboxylic acids is 1. The van der Waals surface area contributed by atoms with Crippen LogP contribution in [-0.2, 0) is 4.79 Å². The van der Waals surface area contributed by atoms with Gasteiger partial charge in [-0.3, -0.25) is 4.79 Å². The molecule has 1 aromatic heterocycles. The summed E-state index contributed by atoms with van der Waals surface area (Å²) >= 11 is 1.05. The van der Waals surface area contributed by atoms with Gasteiger partial charge in [-0.05, 0) is 24.3 Å². The molecule has 0 fully saturated rings. The van der Waals surface area contributed by atoms with Gasteiger partial charge in [0.25, 0.3) is 0 Å². The fraction of sp³-hybridized carbons (Fsp3) is 0.0714. The van der Waals surface area contributed by atoms with Crippen molar-refractivity contribution in [3.05, 3.63) is 53.7 Å². The Hall–Kier alpha value is -2.46. The van der Waals surface area contributed by atoms with Crippen LogP contribution >= 0.6 is 11.8 Å². The molecule has 1 heterocycles. The highest BCUT2D eigenvalue weighted by Gasteiger charge is 2.10. The van der Waals surface area contributed by atoms with E-state index in [9.17, 15) is 13.6 Å². The first-order valence-corrected chi connectivity index (χ1v) is 6.81. The third-order valence-corrected chi connectivity index (χ3v) is 3.44. The molecule has 0 aliphatic carbocycles. The number of anilines is 1. The lowest BCUT2D eigenvalue weighted by Gasteiger charge is -2.06. The van der Waals surface area contributed by atoms with Crippen LogP contribution < -0.4 is 5.32 Å². The van der Waals surface area contributed by atoms with Gasteiger partial charge in [-0.1, -0.05) is 11.8 Å². The normalized spacial score (nSPS) is 9.95. The lowest BCUT2D eigenvalue weighted by Crippen LogP contribution is -2.15. The van der Waals surface area contributed by atoms with E-state index in [2.05, 4.69) is 10.3 Å². The molecule has 0 saturated carbocycles. The number of carbonyl (C=O) groups is 1. The third kappa shape index (κ3) is 4.00. The Balaban J connectivity index is 2.00.